The molecule has 188 valence electrons. The molecule has 11 heteroatoms. The van der Waals surface area contributed by atoms with Crippen LogP contribution in [0.3, 0.4) is 0 Å². The molecule has 1 aromatic rings. The van der Waals surface area contributed by atoms with Gasteiger partial charge in [-0.05, 0) is 49.6 Å². The molecule has 1 spiro atoms. The fourth-order valence-electron chi connectivity index (χ4n) is 4.74. The van der Waals surface area contributed by atoms with Crippen LogP contribution in [0.15, 0.2) is 24.3 Å². The van der Waals surface area contributed by atoms with Crippen molar-refractivity contribution in [3.63, 3.8) is 0 Å². The molecule has 0 bridgehead atoms. The predicted molar refractivity (Wildman–Crippen MR) is 133 cm³/mol. The van der Waals surface area contributed by atoms with Crippen molar-refractivity contribution in [3.05, 3.63) is 39.9 Å². The highest BCUT2D eigenvalue weighted by Crippen LogP contribution is 2.26. The van der Waals surface area contributed by atoms with Gasteiger partial charge in [0.1, 0.15) is 5.54 Å². The minimum Gasteiger partial charge on any atom is -0.341 e. The number of halogens is 2. The van der Waals surface area contributed by atoms with Crippen LogP contribution in [-0.4, -0.2) is 89.8 Å². The van der Waals surface area contributed by atoms with Crippen LogP contribution in [-0.2, 0) is 14.4 Å². The molecule has 3 aliphatic heterocycles. The first-order valence-electron chi connectivity index (χ1n) is 11.8. The van der Waals surface area contributed by atoms with Crippen molar-refractivity contribution < 1.29 is 19.2 Å². The second-order valence-corrected chi connectivity index (χ2v) is 9.96. The number of hydrogen-bond donors (Lipinski definition) is 2. The molecule has 9 nitrogen and oxygen atoms in total. The maximum absolute atomic E-state index is 12.6. The Morgan fingerprint density at radius 2 is 1.77 bits per heavy atom. The van der Waals surface area contributed by atoms with Gasteiger partial charge in [-0.3, -0.25) is 19.7 Å². The van der Waals surface area contributed by atoms with E-state index in [1.165, 1.54) is 6.08 Å². The van der Waals surface area contributed by atoms with E-state index >= 15 is 0 Å². The Morgan fingerprint density at radius 1 is 1.00 bits per heavy atom. The number of amides is 5. The Labute approximate surface area is 214 Å². The first-order chi connectivity index (χ1) is 16.8. The number of carbonyl (C=O) groups is 4. The molecule has 35 heavy (non-hydrogen) atoms. The Hall–Kier alpha value is -2.62. The molecule has 3 fully saturated rings. The summed E-state index contributed by atoms with van der Waals surface area (Å²) in [7, 11) is 0. The summed E-state index contributed by atoms with van der Waals surface area (Å²) >= 11 is 12.0. The third-order valence-electron chi connectivity index (χ3n) is 6.89. The molecule has 4 rings (SSSR count). The number of urea groups is 1. The fraction of sp³-hybridized carbons (Fsp3) is 0.500. The van der Waals surface area contributed by atoms with Gasteiger partial charge in [0.2, 0.25) is 11.8 Å². The van der Waals surface area contributed by atoms with Gasteiger partial charge in [-0.15, -0.1) is 0 Å². The lowest BCUT2D eigenvalue weighted by Crippen LogP contribution is -2.55. The number of piperidine rings is 1. The van der Waals surface area contributed by atoms with Crippen LogP contribution in [0.1, 0.15) is 31.2 Å². The van der Waals surface area contributed by atoms with Crippen molar-refractivity contribution in [2.45, 2.75) is 31.2 Å². The Kier molecular flexibility index (Phi) is 7.98. The normalized spacial score (nSPS) is 20.9. The summed E-state index contributed by atoms with van der Waals surface area (Å²) in [6.45, 7) is 4.24. The standard InChI is InChI=1S/C24H29Cl2N5O4/c25-18-4-2-17(16-19(18)26)3-5-20(32)31-11-6-21(33)30(14-15-31)10-1-9-29-12-7-24(8-13-29)22(34)27-23(35)28-24/h2-5,16H,1,6-15H2,(H2,27,28,34,35). The molecular formula is C24H29Cl2N5O4. The highest BCUT2D eigenvalue weighted by Gasteiger charge is 2.47. The van der Waals surface area contributed by atoms with E-state index in [0.717, 1.165) is 31.6 Å². The van der Waals surface area contributed by atoms with Crippen molar-refractivity contribution >= 4 is 53.0 Å². The van der Waals surface area contributed by atoms with Gasteiger partial charge in [-0.1, -0.05) is 29.3 Å². The summed E-state index contributed by atoms with van der Waals surface area (Å²) in [6, 6.07) is 4.75. The summed E-state index contributed by atoms with van der Waals surface area (Å²) < 4.78 is 0. The molecule has 0 radical (unpaired) electrons. The molecule has 2 N–H and O–H groups in total. The van der Waals surface area contributed by atoms with E-state index in [4.69, 9.17) is 23.2 Å². The van der Waals surface area contributed by atoms with Crippen LogP contribution < -0.4 is 10.6 Å². The molecule has 5 amide bonds. The van der Waals surface area contributed by atoms with Gasteiger partial charge in [0, 0.05) is 51.8 Å². The SMILES string of the molecule is O=C1NC(=O)C2(CCN(CCCN3CCN(C(=O)C=Cc4ccc(Cl)c(Cl)c4)CCC3=O)CC2)N1. The van der Waals surface area contributed by atoms with Gasteiger partial charge in [-0.2, -0.15) is 0 Å². The molecule has 0 aliphatic carbocycles. The average molecular weight is 522 g/mol. The quantitative estimate of drug-likeness (QED) is 0.441. The van der Waals surface area contributed by atoms with E-state index in [1.807, 2.05) is 4.90 Å². The van der Waals surface area contributed by atoms with Crippen LogP contribution in [0.2, 0.25) is 10.0 Å². The van der Waals surface area contributed by atoms with Gasteiger partial charge >= 0.3 is 6.03 Å². The third-order valence-corrected chi connectivity index (χ3v) is 7.63. The second kappa shape index (κ2) is 11.0. The maximum atomic E-state index is 12.6. The van der Waals surface area contributed by atoms with Gasteiger partial charge in [0.25, 0.3) is 5.91 Å². The van der Waals surface area contributed by atoms with E-state index in [9.17, 15) is 19.2 Å². The molecule has 3 aliphatic rings. The third kappa shape index (κ3) is 6.15. The molecule has 3 saturated heterocycles. The van der Waals surface area contributed by atoms with Crippen LogP contribution in [0.5, 0.6) is 0 Å². The van der Waals surface area contributed by atoms with Gasteiger partial charge in [-0.25, -0.2) is 4.79 Å². The lowest BCUT2D eigenvalue weighted by atomic mass is 9.87. The summed E-state index contributed by atoms with van der Waals surface area (Å²) in [5.74, 6) is -0.323. The minimum atomic E-state index is -0.765. The smallest absolute Gasteiger partial charge is 0.322 e. The number of likely N-dealkylation sites (tertiary alicyclic amines) is 1. The molecule has 0 unspecified atom stereocenters. The first-order valence-corrected chi connectivity index (χ1v) is 12.6. The number of imide groups is 1. The lowest BCUT2D eigenvalue weighted by molar-refractivity contribution is -0.130. The van der Waals surface area contributed by atoms with Crippen LogP contribution >= 0.6 is 23.2 Å². The van der Waals surface area contributed by atoms with Crippen molar-refractivity contribution in [3.8, 4) is 0 Å². The van der Waals surface area contributed by atoms with E-state index in [0.29, 0.717) is 55.5 Å². The lowest BCUT2D eigenvalue weighted by Gasteiger charge is -2.37. The van der Waals surface area contributed by atoms with Crippen LogP contribution in [0, 0.1) is 0 Å². The molecular weight excluding hydrogens is 493 g/mol. The topological polar surface area (TPSA) is 102 Å². The second-order valence-electron chi connectivity index (χ2n) is 9.15. The highest BCUT2D eigenvalue weighted by molar-refractivity contribution is 6.42. The predicted octanol–water partition coefficient (Wildman–Crippen LogP) is 2.13. The number of carbonyl (C=O) groups excluding carboxylic acids is 4. The number of rotatable bonds is 6. The Balaban J connectivity index is 1.21. The number of hydrogen-bond acceptors (Lipinski definition) is 5. The number of benzene rings is 1. The zero-order chi connectivity index (χ0) is 25.0. The summed E-state index contributed by atoms with van der Waals surface area (Å²) in [6.07, 6.45) is 5.46. The summed E-state index contributed by atoms with van der Waals surface area (Å²) in [5, 5.41) is 5.98. The van der Waals surface area contributed by atoms with Crippen LogP contribution in [0.4, 0.5) is 4.79 Å². The fourth-order valence-corrected chi connectivity index (χ4v) is 5.04. The summed E-state index contributed by atoms with van der Waals surface area (Å²) in [5.41, 5.74) is 0.0124. The maximum Gasteiger partial charge on any atom is 0.322 e. The van der Waals surface area contributed by atoms with Crippen molar-refractivity contribution in [2.24, 2.45) is 0 Å². The van der Waals surface area contributed by atoms with Crippen molar-refractivity contribution in [1.82, 2.24) is 25.3 Å². The van der Waals surface area contributed by atoms with E-state index in [2.05, 4.69) is 15.5 Å². The van der Waals surface area contributed by atoms with Gasteiger partial charge < -0.3 is 20.0 Å². The number of nitrogens with one attached hydrogen (secondary N) is 2. The molecule has 3 heterocycles. The Bertz CT molecular complexity index is 1040. The monoisotopic (exact) mass is 521 g/mol. The van der Waals surface area contributed by atoms with Gasteiger partial charge in [0.05, 0.1) is 10.0 Å². The highest BCUT2D eigenvalue weighted by atomic mass is 35.5. The van der Waals surface area contributed by atoms with Gasteiger partial charge in [0.15, 0.2) is 0 Å². The Morgan fingerprint density at radius 3 is 2.46 bits per heavy atom. The minimum absolute atomic E-state index is 0.0525. The van der Waals surface area contributed by atoms with E-state index < -0.39 is 11.6 Å². The van der Waals surface area contributed by atoms with Crippen molar-refractivity contribution in [2.75, 3.05) is 45.8 Å². The number of nitrogens with zero attached hydrogens (tertiary/aromatic N) is 3. The molecule has 1 aromatic carbocycles. The first kappa shape index (κ1) is 25.5. The zero-order valence-electron chi connectivity index (χ0n) is 19.4. The van der Waals surface area contributed by atoms with Crippen LogP contribution in [0.25, 0.3) is 6.08 Å². The zero-order valence-corrected chi connectivity index (χ0v) is 20.9. The average Bonchev–Trinajstić information content (AvgIpc) is 2.98. The van der Waals surface area contributed by atoms with Crippen molar-refractivity contribution in [1.29, 1.82) is 0 Å². The van der Waals surface area contributed by atoms with E-state index in [1.54, 1.807) is 29.2 Å². The molecule has 0 atom stereocenters. The largest absolute Gasteiger partial charge is 0.341 e. The molecule has 0 aromatic heterocycles. The summed E-state index contributed by atoms with van der Waals surface area (Å²) in [4.78, 5) is 54.6. The molecule has 0 saturated carbocycles. The van der Waals surface area contributed by atoms with E-state index in [-0.39, 0.29) is 17.7 Å².